The molecule has 1 aromatic rings. The molecule has 5 nitrogen and oxygen atoms in total. The molecule has 0 saturated carbocycles. The quantitative estimate of drug-likeness (QED) is 0.775. The van der Waals surface area contributed by atoms with Crippen molar-refractivity contribution >= 4 is 27.9 Å². The smallest absolute Gasteiger partial charge is 0.315 e. The molecule has 1 aliphatic rings. The number of rotatable bonds is 3. The van der Waals surface area contributed by atoms with Crippen LogP contribution < -0.4 is 16.0 Å². The lowest BCUT2D eigenvalue weighted by atomic mass is 10.2. The van der Waals surface area contributed by atoms with Crippen molar-refractivity contribution in [2.45, 2.75) is 12.6 Å². The highest BCUT2D eigenvalue weighted by Crippen LogP contribution is 2.14. The van der Waals surface area contributed by atoms with Crippen molar-refractivity contribution in [3.63, 3.8) is 0 Å². The lowest BCUT2D eigenvalue weighted by Gasteiger charge is -2.10. The molecule has 0 aromatic heterocycles. The van der Waals surface area contributed by atoms with Gasteiger partial charge in [-0.25, -0.2) is 9.18 Å². The topological polar surface area (TPSA) is 70.2 Å². The second-order valence-electron chi connectivity index (χ2n) is 3.90. The zero-order valence-corrected chi connectivity index (χ0v) is 10.9. The Labute approximate surface area is 111 Å². The molecule has 0 bridgehead atoms. The monoisotopic (exact) mass is 315 g/mol. The van der Waals surface area contributed by atoms with Gasteiger partial charge in [0.25, 0.3) is 0 Å². The van der Waals surface area contributed by atoms with Crippen LogP contribution in [0.4, 0.5) is 9.18 Å². The van der Waals surface area contributed by atoms with Gasteiger partial charge in [0.2, 0.25) is 5.91 Å². The number of urea groups is 1. The van der Waals surface area contributed by atoms with Gasteiger partial charge >= 0.3 is 6.03 Å². The van der Waals surface area contributed by atoms with E-state index in [-0.39, 0.29) is 30.8 Å². The fourth-order valence-electron chi connectivity index (χ4n) is 1.64. The van der Waals surface area contributed by atoms with Crippen molar-refractivity contribution in [3.8, 4) is 0 Å². The van der Waals surface area contributed by atoms with Crippen LogP contribution in [0.2, 0.25) is 0 Å². The molecule has 0 spiro atoms. The molecule has 0 unspecified atom stereocenters. The summed E-state index contributed by atoms with van der Waals surface area (Å²) in [6.07, 6.45) is 0. The van der Waals surface area contributed by atoms with Crippen molar-refractivity contribution in [3.05, 3.63) is 34.1 Å². The summed E-state index contributed by atoms with van der Waals surface area (Å²) in [6.45, 7) is 0.471. The number of carbonyl (C=O) groups excluding carboxylic acids is 2. The van der Waals surface area contributed by atoms with E-state index in [4.69, 9.17) is 0 Å². The van der Waals surface area contributed by atoms with E-state index in [1.807, 2.05) is 0 Å². The molecule has 1 atom stereocenters. The van der Waals surface area contributed by atoms with Gasteiger partial charge in [-0.1, -0.05) is 15.9 Å². The summed E-state index contributed by atoms with van der Waals surface area (Å²) in [5.41, 5.74) is 0.646. The Balaban J connectivity index is 1.91. The summed E-state index contributed by atoms with van der Waals surface area (Å²) < 4.78 is 13.7. The molecule has 1 saturated heterocycles. The average molecular weight is 316 g/mol. The summed E-state index contributed by atoms with van der Waals surface area (Å²) >= 11 is 3.17. The summed E-state index contributed by atoms with van der Waals surface area (Å²) in [5.74, 6) is -0.668. The van der Waals surface area contributed by atoms with E-state index in [9.17, 15) is 14.0 Å². The van der Waals surface area contributed by atoms with Crippen LogP contribution in [0.3, 0.4) is 0 Å². The minimum atomic E-state index is -0.575. The predicted molar refractivity (Wildman–Crippen MR) is 66.3 cm³/mol. The fraction of sp³-hybridized carbons (Fsp3) is 0.273. The first-order chi connectivity index (χ1) is 8.54. The fourth-order valence-corrected chi connectivity index (χ4v) is 2.15. The molecule has 7 heteroatoms. The highest BCUT2D eigenvalue weighted by Gasteiger charge is 2.26. The van der Waals surface area contributed by atoms with E-state index in [0.717, 1.165) is 0 Å². The number of amides is 3. The van der Waals surface area contributed by atoms with Crippen molar-refractivity contribution in [1.82, 2.24) is 16.0 Å². The molecule has 2 rings (SSSR count). The van der Waals surface area contributed by atoms with Crippen LogP contribution in [0.25, 0.3) is 0 Å². The number of carbonyl (C=O) groups is 2. The van der Waals surface area contributed by atoms with Gasteiger partial charge in [-0.3, -0.25) is 4.79 Å². The Morgan fingerprint density at radius 3 is 2.89 bits per heavy atom. The van der Waals surface area contributed by atoms with E-state index >= 15 is 0 Å². The molecular weight excluding hydrogens is 305 g/mol. The highest BCUT2D eigenvalue weighted by molar-refractivity contribution is 9.10. The van der Waals surface area contributed by atoms with Crippen LogP contribution in [0.1, 0.15) is 5.56 Å². The van der Waals surface area contributed by atoms with Crippen LogP contribution in [-0.2, 0) is 11.3 Å². The SMILES string of the molecule is O=C1NC[C@H](C(=O)NCc2cc(F)cc(Br)c2)N1. The van der Waals surface area contributed by atoms with Gasteiger partial charge in [-0.15, -0.1) is 0 Å². The molecule has 96 valence electrons. The van der Waals surface area contributed by atoms with Gasteiger partial charge < -0.3 is 16.0 Å². The minimum absolute atomic E-state index is 0.210. The second-order valence-corrected chi connectivity index (χ2v) is 4.82. The molecule has 0 aliphatic carbocycles. The van der Waals surface area contributed by atoms with Gasteiger partial charge in [0.15, 0.2) is 0 Å². The van der Waals surface area contributed by atoms with Gasteiger partial charge in [0.1, 0.15) is 11.9 Å². The number of nitrogens with one attached hydrogen (secondary N) is 3. The van der Waals surface area contributed by atoms with Crippen LogP contribution in [-0.4, -0.2) is 24.5 Å². The normalized spacial score (nSPS) is 18.1. The van der Waals surface area contributed by atoms with Crippen LogP contribution in [0.5, 0.6) is 0 Å². The molecular formula is C11H11BrFN3O2. The Morgan fingerprint density at radius 1 is 1.50 bits per heavy atom. The summed E-state index contributed by atoms with van der Waals surface area (Å²) in [4.78, 5) is 22.5. The molecule has 0 radical (unpaired) electrons. The van der Waals surface area contributed by atoms with E-state index in [1.165, 1.54) is 12.1 Å². The van der Waals surface area contributed by atoms with Gasteiger partial charge in [0, 0.05) is 17.6 Å². The first-order valence-corrected chi connectivity index (χ1v) is 6.11. The van der Waals surface area contributed by atoms with E-state index in [0.29, 0.717) is 10.0 Å². The molecule has 1 aromatic carbocycles. The number of hydrogen-bond acceptors (Lipinski definition) is 2. The Hall–Kier alpha value is -1.63. The number of halogens is 2. The molecule has 18 heavy (non-hydrogen) atoms. The van der Waals surface area contributed by atoms with E-state index < -0.39 is 6.04 Å². The second kappa shape index (κ2) is 5.34. The zero-order chi connectivity index (χ0) is 13.1. The standard InChI is InChI=1S/C11H11BrFN3O2/c12-7-1-6(2-8(13)3-7)4-14-10(17)9-5-15-11(18)16-9/h1-3,9H,4-5H2,(H,14,17)(H2,15,16,18)/t9-/m1/s1. The van der Waals surface area contributed by atoms with E-state index in [1.54, 1.807) is 6.07 Å². The average Bonchev–Trinajstić information content (AvgIpc) is 2.71. The lowest BCUT2D eigenvalue weighted by Crippen LogP contribution is -2.42. The Morgan fingerprint density at radius 2 is 2.28 bits per heavy atom. The van der Waals surface area contributed by atoms with Crippen molar-refractivity contribution in [2.75, 3.05) is 6.54 Å². The third-order valence-electron chi connectivity index (χ3n) is 2.48. The molecule has 3 N–H and O–H groups in total. The maximum Gasteiger partial charge on any atom is 0.315 e. The number of benzene rings is 1. The largest absolute Gasteiger partial charge is 0.350 e. The number of hydrogen-bond donors (Lipinski definition) is 3. The molecule has 3 amide bonds. The Bertz CT molecular complexity index is 475. The lowest BCUT2D eigenvalue weighted by molar-refractivity contribution is -0.122. The first kappa shape index (κ1) is 12.8. The Kier molecular flexibility index (Phi) is 3.81. The predicted octanol–water partition coefficient (Wildman–Crippen LogP) is 0.886. The molecule has 1 aliphatic heterocycles. The highest BCUT2D eigenvalue weighted by atomic mass is 79.9. The van der Waals surface area contributed by atoms with Crippen LogP contribution >= 0.6 is 15.9 Å². The zero-order valence-electron chi connectivity index (χ0n) is 9.30. The van der Waals surface area contributed by atoms with Crippen molar-refractivity contribution < 1.29 is 14.0 Å². The maximum atomic E-state index is 13.1. The van der Waals surface area contributed by atoms with Crippen molar-refractivity contribution in [1.29, 1.82) is 0 Å². The van der Waals surface area contributed by atoms with E-state index in [2.05, 4.69) is 31.9 Å². The van der Waals surface area contributed by atoms with Gasteiger partial charge in [-0.05, 0) is 23.8 Å². The minimum Gasteiger partial charge on any atom is -0.350 e. The third kappa shape index (κ3) is 3.19. The third-order valence-corrected chi connectivity index (χ3v) is 2.94. The molecule has 1 fully saturated rings. The van der Waals surface area contributed by atoms with Crippen LogP contribution in [0, 0.1) is 5.82 Å². The van der Waals surface area contributed by atoms with Gasteiger partial charge in [-0.2, -0.15) is 0 Å². The summed E-state index contributed by atoms with van der Waals surface area (Å²) in [7, 11) is 0. The molecule has 1 heterocycles. The van der Waals surface area contributed by atoms with Gasteiger partial charge in [0.05, 0.1) is 0 Å². The summed E-state index contributed by atoms with van der Waals surface area (Å²) in [5, 5.41) is 7.59. The summed E-state index contributed by atoms with van der Waals surface area (Å²) in [6, 6.07) is 3.47. The first-order valence-electron chi connectivity index (χ1n) is 5.31. The van der Waals surface area contributed by atoms with Crippen LogP contribution in [0.15, 0.2) is 22.7 Å². The van der Waals surface area contributed by atoms with Crippen molar-refractivity contribution in [2.24, 2.45) is 0 Å². The maximum absolute atomic E-state index is 13.1.